The first-order chi connectivity index (χ1) is 10.7. The van der Waals surface area contributed by atoms with Crippen molar-refractivity contribution < 1.29 is 21.9 Å². The molecule has 0 saturated heterocycles. The third kappa shape index (κ3) is 69.4. The monoisotopic (exact) mass is 371 g/mol. The van der Waals surface area contributed by atoms with Gasteiger partial charge in [-0.25, -0.2) is 0 Å². The highest BCUT2D eigenvalue weighted by Crippen LogP contribution is 1.87. The fourth-order valence-electron chi connectivity index (χ4n) is 0.530. The van der Waals surface area contributed by atoms with E-state index in [4.69, 9.17) is 4.55 Å². The van der Waals surface area contributed by atoms with Gasteiger partial charge < -0.3 is 15.1 Å². The number of nitrogens with one attached hydrogen (secondary N) is 1. The van der Waals surface area contributed by atoms with Crippen molar-refractivity contribution in [2.45, 2.75) is 26.7 Å². The van der Waals surface area contributed by atoms with Gasteiger partial charge in [-0.05, 0) is 55.6 Å². The Hall–Kier alpha value is -1.00. The lowest BCUT2D eigenvalue weighted by Gasteiger charge is -2.01. The first-order valence-corrected chi connectivity index (χ1v) is 8.76. The van der Waals surface area contributed by atoms with Crippen LogP contribution in [0.5, 0.6) is 0 Å². The lowest BCUT2D eigenvalue weighted by Crippen LogP contribution is -2.24. The summed E-state index contributed by atoms with van der Waals surface area (Å²) < 4.78 is 29.7. The third-order valence-electron chi connectivity index (χ3n) is 1.41. The predicted octanol–water partition coefficient (Wildman–Crippen LogP) is 1.27. The Balaban J connectivity index is -0.000000122. The first kappa shape index (κ1) is 30.8. The summed E-state index contributed by atoms with van der Waals surface area (Å²) in [6.45, 7) is 8.09. The Morgan fingerprint density at radius 2 is 1.42 bits per heavy atom. The summed E-state index contributed by atoms with van der Waals surface area (Å²) in [5.74, 6) is -0.0338. The highest BCUT2D eigenvalue weighted by atomic mass is 32.3. The minimum atomic E-state index is -4.16. The molecule has 1 amide bonds. The summed E-state index contributed by atoms with van der Waals surface area (Å²) in [6.07, 6.45) is 2.15. The van der Waals surface area contributed by atoms with E-state index < -0.39 is 10.4 Å². The maximum absolute atomic E-state index is 10.8. The van der Waals surface area contributed by atoms with E-state index in [1.165, 1.54) is 0 Å². The molecule has 0 spiro atoms. The average molecular weight is 372 g/mol. The Kier molecular flexibility index (Phi) is 25.8. The van der Waals surface area contributed by atoms with Crippen molar-refractivity contribution in [3.8, 4) is 0 Å². The van der Waals surface area contributed by atoms with Gasteiger partial charge in [0.1, 0.15) is 0 Å². The summed E-state index contributed by atoms with van der Waals surface area (Å²) in [7, 11) is 8.71. The molecular weight excluding hydrogens is 334 g/mol. The van der Waals surface area contributed by atoms with Crippen LogP contribution in [0.4, 0.5) is 0 Å². The molecule has 0 aliphatic carbocycles. The third-order valence-corrected chi connectivity index (χ3v) is 1.84. The van der Waals surface area contributed by atoms with Gasteiger partial charge in [-0.1, -0.05) is 19.9 Å². The summed E-state index contributed by atoms with van der Waals surface area (Å²) in [6, 6.07) is 0. The zero-order valence-electron chi connectivity index (χ0n) is 16.7. The Bertz CT molecular complexity index is 384. The van der Waals surface area contributed by atoms with Gasteiger partial charge in [-0.15, -0.1) is 0 Å². The molecule has 0 fully saturated rings. The van der Waals surface area contributed by atoms with Crippen LogP contribution in [0.25, 0.3) is 0 Å². The number of nitrogens with zero attached hydrogens (tertiary/aromatic N) is 2. The summed E-state index contributed by atoms with van der Waals surface area (Å²) in [5, 5.41) is 2.74. The van der Waals surface area contributed by atoms with E-state index in [-0.39, 0.29) is 5.91 Å². The van der Waals surface area contributed by atoms with Crippen LogP contribution in [0.15, 0.2) is 12.2 Å². The summed E-state index contributed by atoms with van der Waals surface area (Å²) in [5.41, 5.74) is 0.580. The molecule has 0 aromatic carbocycles. The quantitative estimate of drug-likeness (QED) is 0.426. The Labute approximate surface area is 148 Å². The largest absolute Gasteiger partial charge is 0.397 e. The molecule has 0 aromatic rings. The maximum atomic E-state index is 10.8. The molecule has 0 unspecified atom stereocenters. The second kappa shape index (κ2) is 20.0. The van der Waals surface area contributed by atoms with Crippen LogP contribution in [0.3, 0.4) is 0 Å². The van der Waals surface area contributed by atoms with Crippen molar-refractivity contribution in [2.75, 3.05) is 55.9 Å². The zero-order valence-corrected chi connectivity index (χ0v) is 17.5. The molecule has 0 aliphatic heterocycles. The zero-order chi connectivity index (χ0) is 20.3. The lowest BCUT2D eigenvalue weighted by atomic mass is 10.3. The standard InChI is InChI=1S/C8H15NO.2C3H9N.CH4O4S/c1-4-5-6-9-8(10)7(2)3;2*1-4(2)3;1-5-6(2,3)4/h2,4-6H2,1,3H3,(H,9,10);2*1-3H3;1H3,(H,2,3,4). The average Bonchev–Trinajstić information content (AvgIpc) is 2.37. The van der Waals surface area contributed by atoms with Crippen molar-refractivity contribution in [3.63, 3.8) is 0 Å². The van der Waals surface area contributed by atoms with Crippen LogP contribution < -0.4 is 5.32 Å². The van der Waals surface area contributed by atoms with E-state index in [2.05, 4.69) is 23.0 Å². The first-order valence-electron chi connectivity index (χ1n) is 7.39. The molecule has 0 rings (SSSR count). The van der Waals surface area contributed by atoms with Crippen LogP contribution in [0, 0.1) is 0 Å². The molecule has 8 nitrogen and oxygen atoms in total. The fourth-order valence-corrected chi connectivity index (χ4v) is 0.530. The van der Waals surface area contributed by atoms with Gasteiger partial charge in [0.25, 0.3) is 0 Å². The van der Waals surface area contributed by atoms with E-state index in [1.807, 2.05) is 52.1 Å². The molecule has 9 heteroatoms. The Morgan fingerprint density at radius 1 is 1.12 bits per heavy atom. The minimum Gasteiger partial charge on any atom is -0.352 e. The molecule has 24 heavy (non-hydrogen) atoms. The van der Waals surface area contributed by atoms with Crippen LogP contribution >= 0.6 is 0 Å². The number of carbonyl (C=O) groups is 1. The van der Waals surface area contributed by atoms with Gasteiger partial charge in [-0.2, -0.15) is 8.42 Å². The molecular formula is C15H37N3O5S. The Morgan fingerprint density at radius 3 is 1.58 bits per heavy atom. The van der Waals surface area contributed by atoms with Crippen molar-refractivity contribution >= 4 is 16.3 Å². The lowest BCUT2D eigenvalue weighted by molar-refractivity contribution is -0.117. The highest BCUT2D eigenvalue weighted by molar-refractivity contribution is 7.80. The van der Waals surface area contributed by atoms with Gasteiger partial charge in [0.2, 0.25) is 5.91 Å². The van der Waals surface area contributed by atoms with Gasteiger partial charge in [0.15, 0.2) is 0 Å². The summed E-state index contributed by atoms with van der Waals surface area (Å²) >= 11 is 0. The number of hydrogen-bond donors (Lipinski definition) is 2. The second-order valence-electron chi connectivity index (χ2n) is 5.67. The minimum absolute atomic E-state index is 0.0338. The molecule has 0 aromatic heterocycles. The van der Waals surface area contributed by atoms with E-state index in [1.54, 1.807) is 6.92 Å². The second-order valence-corrected chi connectivity index (χ2v) is 6.86. The fraction of sp³-hybridized carbons (Fsp3) is 0.800. The SMILES string of the molecule is C=C(C)C(=O)NCCCC.CN(C)C.CN(C)C.COS(=O)(=O)O. The molecule has 0 atom stereocenters. The van der Waals surface area contributed by atoms with E-state index in [0.29, 0.717) is 5.57 Å². The number of hydrogen-bond acceptors (Lipinski definition) is 6. The summed E-state index contributed by atoms with van der Waals surface area (Å²) in [4.78, 5) is 14.8. The molecule has 0 aliphatic rings. The van der Waals surface area contributed by atoms with Gasteiger partial charge in [0.05, 0.1) is 7.11 Å². The van der Waals surface area contributed by atoms with Gasteiger partial charge in [-0.3, -0.25) is 13.5 Å². The number of rotatable bonds is 5. The molecule has 148 valence electrons. The van der Waals surface area contributed by atoms with E-state index in [0.717, 1.165) is 26.5 Å². The number of unbranched alkanes of at least 4 members (excludes halogenated alkanes) is 1. The highest BCUT2D eigenvalue weighted by Gasteiger charge is 1.97. The topological polar surface area (TPSA) is 99.2 Å². The van der Waals surface area contributed by atoms with E-state index in [9.17, 15) is 13.2 Å². The van der Waals surface area contributed by atoms with Crippen molar-refractivity contribution in [2.24, 2.45) is 0 Å². The van der Waals surface area contributed by atoms with Gasteiger partial charge in [0, 0.05) is 12.1 Å². The van der Waals surface area contributed by atoms with Crippen molar-refractivity contribution in [3.05, 3.63) is 12.2 Å². The smallest absolute Gasteiger partial charge is 0.352 e. The van der Waals surface area contributed by atoms with Crippen molar-refractivity contribution in [1.82, 2.24) is 15.1 Å². The molecule has 2 N–H and O–H groups in total. The van der Waals surface area contributed by atoms with Crippen LogP contribution in [-0.2, 0) is 19.4 Å². The van der Waals surface area contributed by atoms with Crippen LogP contribution in [-0.4, -0.2) is 84.6 Å². The number of amides is 1. The van der Waals surface area contributed by atoms with Gasteiger partial charge >= 0.3 is 10.4 Å². The van der Waals surface area contributed by atoms with Crippen LogP contribution in [0.1, 0.15) is 26.7 Å². The maximum Gasteiger partial charge on any atom is 0.397 e. The van der Waals surface area contributed by atoms with E-state index >= 15 is 0 Å². The molecule has 0 saturated carbocycles. The van der Waals surface area contributed by atoms with Crippen molar-refractivity contribution in [1.29, 1.82) is 0 Å². The molecule has 0 heterocycles. The van der Waals surface area contributed by atoms with Crippen LogP contribution in [0.2, 0.25) is 0 Å². The predicted molar refractivity (Wildman–Crippen MR) is 101 cm³/mol. The normalized spacial score (nSPS) is 9.67. The number of carbonyl (C=O) groups excluding carboxylic acids is 1. The molecule has 0 bridgehead atoms. The molecule has 0 radical (unpaired) electrons.